The van der Waals surface area contributed by atoms with Crippen molar-refractivity contribution in [3.05, 3.63) is 28.2 Å². The van der Waals surface area contributed by atoms with E-state index in [1.54, 1.807) is 13.0 Å². The molecule has 0 aliphatic heterocycles. The van der Waals surface area contributed by atoms with Gasteiger partial charge in [0, 0.05) is 16.0 Å². The molecule has 0 bridgehead atoms. The Labute approximate surface area is 97.6 Å². The highest BCUT2D eigenvalue weighted by atomic mass is 32.2. The Morgan fingerprint density at radius 2 is 2.19 bits per heavy atom. The van der Waals surface area contributed by atoms with E-state index in [9.17, 15) is 8.42 Å². The summed E-state index contributed by atoms with van der Waals surface area (Å²) in [6.07, 6.45) is 2.91. The molecule has 2 heterocycles. The highest BCUT2D eigenvalue weighted by Crippen LogP contribution is 2.26. The minimum Gasteiger partial charge on any atom is -0.284 e. The second kappa shape index (κ2) is 3.91. The van der Waals surface area contributed by atoms with Crippen LogP contribution in [0.1, 0.15) is 9.75 Å². The monoisotopic (exact) mass is 257 g/mol. The summed E-state index contributed by atoms with van der Waals surface area (Å²) < 4.78 is 26.4. The van der Waals surface area contributed by atoms with Gasteiger partial charge in [0.1, 0.15) is 4.90 Å². The van der Waals surface area contributed by atoms with Crippen molar-refractivity contribution < 1.29 is 8.42 Å². The van der Waals surface area contributed by atoms with E-state index >= 15 is 0 Å². The quantitative estimate of drug-likeness (QED) is 0.881. The summed E-state index contributed by atoms with van der Waals surface area (Å²) in [5.41, 5.74) is 0.434. The lowest BCUT2D eigenvalue weighted by Crippen LogP contribution is -2.12. The Morgan fingerprint density at radius 1 is 1.44 bits per heavy atom. The second-order valence-electron chi connectivity index (χ2n) is 3.37. The number of aromatic amines is 1. The summed E-state index contributed by atoms with van der Waals surface area (Å²) in [7, 11) is -3.49. The molecule has 0 aromatic carbocycles. The van der Waals surface area contributed by atoms with Crippen molar-refractivity contribution in [2.75, 3.05) is 4.72 Å². The Bertz CT molecular complexity index is 584. The maximum absolute atomic E-state index is 12.0. The van der Waals surface area contributed by atoms with E-state index in [1.165, 1.54) is 23.7 Å². The highest BCUT2D eigenvalue weighted by molar-refractivity contribution is 7.93. The largest absolute Gasteiger partial charge is 0.284 e. The number of nitrogens with zero attached hydrogens (tertiary/aromatic N) is 1. The van der Waals surface area contributed by atoms with Gasteiger partial charge in [0.2, 0.25) is 0 Å². The molecule has 2 aromatic rings. The molecule has 2 aromatic heterocycles. The maximum atomic E-state index is 12.0. The standard InChI is InChI=1S/C9H11N3O2S2/c1-6-3-9(7(2)15-6)16(13,14)12-8-4-10-11-5-8/h3-5,12H,1-2H3,(H,10,11). The van der Waals surface area contributed by atoms with E-state index in [2.05, 4.69) is 14.9 Å². The molecule has 16 heavy (non-hydrogen) atoms. The Morgan fingerprint density at radius 3 is 2.69 bits per heavy atom. The molecule has 7 heteroatoms. The molecule has 0 radical (unpaired) electrons. The number of hydrogen-bond donors (Lipinski definition) is 2. The fraction of sp³-hybridized carbons (Fsp3) is 0.222. The van der Waals surface area contributed by atoms with Crippen LogP contribution in [0.2, 0.25) is 0 Å². The molecule has 86 valence electrons. The third kappa shape index (κ3) is 2.10. The van der Waals surface area contributed by atoms with Gasteiger partial charge in [0.05, 0.1) is 11.9 Å². The van der Waals surface area contributed by atoms with E-state index in [1.807, 2.05) is 6.92 Å². The van der Waals surface area contributed by atoms with E-state index in [0.717, 1.165) is 9.75 Å². The topological polar surface area (TPSA) is 74.8 Å². The lowest BCUT2D eigenvalue weighted by molar-refractivity contribution is 0.601. The minimum atomic E-state index is -3.49. The summed E-state index contributed by atoms with van der Waals surface area (Å²) >= 11 is 1.47. The lowest BCUT2D eigenvalue weighted by Gasteiger charge is -2.04. The first-order chi connectivity index (χ1) is 7.49. The van der Waals surface area contributed by atoms with E-state index < -0.39 is 10.0 Å². The average Bonchev–Trinajstić information content (AvgIpc) is 2.75. The van der Waals surface area contributed by atoms with Crippen LogP contribution < -0.4 is 4.72 Å². The summed E-state index contributed by atoms with van der Waals surface area (Å²) in [5.74, 6) is 0. The molecule has 2 rings (SSSR count). The molecule has 0 spiro atoms. The third-order valence-electron chi connectivity index (χ3n) is 2.04. The Hall–Kier alpha value is -1.34. The summed E-state index contributed by atoms with van der Waals surface area (Å²) in [6.45, 7) is 3.68. The predicted octanol–water partition coefficient (Wildman–Crippen LogP) is 1.89. The van der Waals surface area contributed by atoms with Crippen LogP contribution in [0.15, 0.2) is 23.4 Å². The van der Waals surface area contributed by atoms with Crippen LogP contribution >= 0.6 is 11.3 Å². The zero-order valence-electron chi connectivity index (χ0n) is 8.81. The van der Waals surface area contributed by atoms with Gasteiger partial charge in [-0.3, -0.25) is 9.82 Å². The van der Waals surface area contributed by atoms with Crippen LogP contribution in [0.5, 0.6) is 0 Å². The number of nitrogens with one attached hydrogen (secondary N) is 2. The van der Waals surface area contributed by atoms with Gasteiger partial charge < -0.3 is 0 Å². The minimum absolute atomic E-state index is 0.330. The van der Waals surface area contributed by atoms with Crippen molar-refractivity contribution in [3.63, 3.8) is 0 Å². The number of thiophene rings is 1. The van der Waals surface area contributed by atoms with Gasteiger partial charge in [0.15, 0.2) is 0 Å². The van der Waals surface area contributed by atoms with Crippen molar-refractivity contribution in [2.24, 2.45) is 0 Å². The van der Waals surface area contributed by atoms with Crippen LogP contribution in [0, 0.1) is 13.8 Å². The number of aryl methyl sites for hydroxylation is 2. The highest BCUT2D eigenvalue weighted by Gasteiger charge is 2.19. The second-order valence-corrected chi connectivity index (χ2v) is 6.48. The molecule has 0 atom stereocenters. The van der Waals surface area contributed by atoms with E-state index in [4.69, 9.17) is 0 Å². The van der Waals surface area contributed by atoms with E-state index in [-0.39, 0.29) is 0 Å². The summed E-state index contributed by atoms with van der Waals surface area (Å²) in [6, 6.07) is 1.67. The van der Waals surface area contributed by atoms with Crippen molar-refractivity contribution in [1.29, 1.82) is 0 Å². The van der Waals surface area contributed by atoms with Crippen LogP contribution in [0.4, 0.5) is 5.69 Å². The summed E-state index contributed by atoms with van der Waals surface area (Å²) in [5, 5.41) is 6.23. The van der Waals surface area contributed by atoms with Gasteiger partial charge in [-0.15, -0.1) is 11.3 Å². The molecule has 0 aliphatic carbocycles. The van der Waals surface area contributed by atoms with Gasteiger partial charge in [0.25, 0.3) is 10.0 Å². The number of hydrogen-bond acceptors (Lipinski definition) is 4. The molecule has 0 unspecified atom stereocenters. The number of anilines is 1. The van der Waals surface area contributed by atoms with Gasteiger partial charge in [-0.25, -0.2) is 8.42 Å². The van der Waals surface area contributed by atoms with Crippen LogP contribution in [-0.4, -0.2) is 18.6 Å². The number of H-pyrrole nitrogens is 1. The maximum Gasteiger partial charge on any atom is 0.263 e. The van der Waals surface area contributed by atoms with Crippen molar-refractivity contribution in [3.8, 4) is 0 Å². The van der Waals surface area contributed by atoms with Crippen LogP contribution in [0.25, 0.3) is 0 Å². The normalized spacial score (nSPS) is 11.6. The molecular formula is C9H11N3O2S2. The Kier molecular flexibility index (Phi) is 2.73. The van der Waals surface area contributed by atoms with Gasteiger partial charge in [-0.1, -0.05) is 0 Å². The number of aromatic nitrogens is 2. The molecular weight excluding hydrogens is 246 g/mol. The molecule has 2 N–H and O–H groups in total. The first kappa shape index (κ1) is 11.2. The average molecular weight is 257 g/mol. The van der Waals surface area contributed by atoms with Crippen molar-refractivity contribution in [2.45, 2.75) is 18.7 Å². The zero-order chi connectivity index (χ0) is 11.8. The van der Waals surface area contributed by atoms with Crippen molar-refractivity contribution >= 4 is 27.0 Å². The SMILES string of the molecule is Cc1cc(S(=O)(=O)Nc2cn[nH]c2)c(C)s1. The predicted molar refractivity (Wildman–Crippen MR) is 63.2 cm³/mol. The third-order valence-corrected chi connectivity index (χ3v) is 4.64. The summed E-state index contributed by atoms with van der Waals surface area (Å²) in [4.78, 5) is 2.09. The molecule has 0 saturated carbocycles. The van der Waals surface area contributed by atoms with E-state index in [0.29, 0.717) is 10.6 Å². The van der Waals surface area contributed by atoms with Crippen LogP contribution in [-0.2, 0) is 10.0 Å². The van der Waals surface area contributed by atoms with Gasteiger partial charge in [-0.05, 0) is 19.9 Å². The fourth-order valence-corrected chi connectivity index (χ4v) is 3.98. The van der Waals surface area contributed by atoms with Crippen LogP contribution in [0.3, 0.4) is 0 Å². The Balaban J connectivity index is 2.36. The number of rotatable bonds is 3. The molecule has 0 fully saturated rings. The molecule has 0 amide bonds. The van der Waals surface area contributed by atoms with Gasteiger partial charge in [-0.2, -0.15) is 5.10 Å². The lowest BCUT2D eigenvalue weighted by atomic mass is 10.4. The zero-order valence-corrected chi connectivity index (χ0v) is 10.4. The molecule has 0 saturated heterocycles. The fourth-order valence-electron chi connectivity index (χ4n) is 1.39. The first-order valence-electron chi connectivity index (χ1n) is 4.58. The first-order valence-corrected chi connectivity index (χ1v) is 6.87. The van der Waals surface area contributed by atoms with Crippen molar-refractivity contribution in [1.82, 2.24) is 10.2 Å². The smallest absolute Gasteiger partial charge is 0.263 e. The molecule has 0 aliphatic rings. The van der Waals surface area contributed by atoms with Gasteiger partial charge >= 0.3 is 0 Å². The number of sulfonamides is 1. The molecule has 5 nitrogen and oxygen atoms in total.